The van der Waals surface area contributed by atoms with Gasteiger partial charge in [-0.25, -0.2) is 0 Å². The Morgan fingerprint density at radius 1 is 0.519 bits per heavy atom. The van der Waals surface area contributed by atoms with Crippen molar-refractivity contribution in [1.82, 2.24) is 5.32 Å². The Labute approximate surface area is 483 Å². The molecular weight excluding hydrogens is 991 g/mol. The van der Waals surface area contributed by atoms with Gasteiger partial charge in [0.1, 0.15) is 24.4 Å². The summed E-state index contributed by atoms with van der Waals surface area (Å²) in [7, 11) is 0. The van der Waals surface area contributed by atoms with E-state index in [0.29, 0.717) is 12.8 Å². The van der Waals surface area contributed by atoms with Gasteiger partial charge in [0.15, 0.2) is 12.4 Å². The lowest BCUT2D eigenvalue weighted by atomic mass is 9.99. The number of rotatable bonds is 54. The Kier molecular flexibility index (Phi) is 51.8. The van der Waals surface area contributed by atoms with Gasteiger partial charge >= 0.3 is 5.97 Å². The van der Waals surface area contributed by atoms with Crippen LogP contribution < -0.4 is 5.32 Å². The summed E-state index contributed by atoms with van der Waals surface area (Å²) in [5.41, 5.74) is 0. The van der Waals surface area contributed by atoms with E-state index in [0.717, 1.165) is 77.0 Å². The number of esters is 1. The normalized spacial score (nSPS) is 19.4. The highest BCUT2D eigenvalue weighted by Gasteiger charge is 2.47. The van der Waals surface area contributed by atoms with Gasteiger partial charge in [0.2, 0.25) is 5.91 Å². The number of unbranched alkanes of at least 4 members (excludes halogenated alkanes) is 31. The molecule has 79 heavy (non-hydrogen) atoms. The van der Waals surface area contributed by atoms with Gasteiger partial charge in [-0.2, -0.15) is 0 Å². The fraction of sp³-hybridized carbons (Fsp3) is 0.765. The summed E-state index contributed by atoms with van der Waals surface area (Å²) in [5.74, 6) is -1.22. The summed E-state index contributed by atoms with van der Waals surface area (Å²) < 4.78 is 17.6. The zero-order valence-corrected chi connectivity index (χ0v) is 50.5. The highest BCUT2D eigenvalue weighted by Crippen LogP contribution is 2.26. The van der Waals surface area contributed by atoms with Gasteiger partial charge in [0.25, 0.3) is 0 Å². The summed E-state index contributed by atoms with van der Waals surface area (Å²) in [6, 6.07) is -1.04. The molecule has 6 N–H and O–H groups in total. The van der Waals surface area contributed by atoms with Gasteiger partial charge in [-0.3, -0.25) is 9.59 Å². The third-order valence-electron chi connectivity index (χ3n) is 14.9. The molecule has 1 heterocycles. The number of nitrogens with one attached hydrogen (secondary N) is 1. The van der Waals surface area contributed by atoms with Crippen molar-refractivity contribution in [2.45, 2.75) is 320 Å². The van der Waals surface area contributed by atoms with E-state index in [9.17, 15) is 35.1 Å². The minimum absolute atomic E-state index is 0.117. The first-order valence-corrected chi connectivity index (χ1v) is 32.4. The molecule has 0 aromatic rings. The molecule has 1 fully saturated rings. The molecule has 0 aromatic carbocycles. The maximum Gasteiger partial charge on any atom is 0.306 e. The first-order chi connectivity index (χ1) is 38.7. The second-order valence-corrected chi connectivity index (χ2v) is 22.2. The van der Waals surface area contributed by atoms with E-state index in [-0.39, 0.29) is 19.4 Å². The fourth-order valence-electron chi connectivity index (χ4n) is 9.75. The standard InChI is InChI=1S/C68H119NO10/c1-4-7-10-13-16-19-22-25-27-28-29-30-31-32-33-34-35-38-41-44-47-50-53-56-63(73)79-66-65(75)64(74)62(57-70)78-68(66)77-58-59(60(71)54-51-48-45-42-39-36-24-21-18-15-12-9-6-3)69-67(76)61(72)55-52-49-46-43-40-37-26-23-20-17-14-11-8-5-2/h8,11,14,16-17,19-20,23,25-27,37,51,54,59-62,64-66,68,70-72,74-75H,4-7,9-10,12-13,15,18,21-22,24,28-36,38-50,52-53,55-58H2,1-3H3,(H,69,76)/b11-8+,17-14+,19-16-,23-20+,27-25-,37-26-,54-51+. The SMILES string of the molecule is CC/C=C/C=C/C=C/C=C\CCCCCCC(O)C(=O)NC(COC1OC(CO)C(O)C(O)C1OC(=O)CCCCCCCCCCCCCCC/C=C\C/C=C\CCCCC)C(O)/C=C/CCCCCCCCCCCCC. The number of hydrogen-bond donors (Lipinski definition) is 6. The van der Waals surface area contributed by atoms with Crippen molar-refractivity contribution >= 4 is 11.9 Å². The van der Waals surface area contributed by atoms with Crippen molar-refractivity contribution < 1.29 is 49.3 Å². The van der Waals surface area contributed by atoms with E-state index in [1.165, 1.54) is 148 Å². The van der Waals surface area contributed by atoms with Crippen LogP contribution in [0.15, 0.2) is 85.1 Å². The Bertz CT molecular complexity index is 1610. The third-order valence-corrected chi connectivity index (χ3v) is 14.9. The summed E-state index contributed by atoms with van der Waals surface area (Å²) in [6.45, 7) is 5.62. The molecule has 0 aliphatic carbocycles. The lowest BCUT2D eigenvalue weighted by molar-refractivity contribution is -0.305. The lowest BCUT2D eigenvalue weighted by Crippen LogP contribution is -2.61. The predicted octanol–water partition coefficient (Wildman–Crippen LogP) is 15.7. The molecule has 8 atom stereocenters. The van der Waals surface area contributed by atoms with E-state index < -0.39 is 67.4 Å². The summed E-state index contributed by atoms with van der Waals surface area (Å²) in [6.07, 6.45) is 61.9. The van der Waals surface area contributed by atoms with Gasteiger partial charge in [-0.1, -0.05) is 273 Å². The molecule has 1 saturated heterocycles. The highest BCUT2D eigenvalue weighted by molar-refractivity contribution is 5.80. The Morgan fingerprint density at radius 3 is 1.49 bits per heavy atom. The zero-order valence-electron chi connectivity index (χ0n) is 50.5. The third kappa shape index (κ3) is 43.2. The molecule has 0 radical (unpaired) electrons. The van der Waals surface area contributed by atoms with Crippen LogP contribution >= 0.6 is 0 Å². The molecule has 1 aliphatic heterocycles. The minimum Gasteiger partial charge on any atom is -0.454 e. The van der Waals surface area contributed by atoms with E-state index in [2.05, 4.69) is 62.5 Å². The number of carbonyl (C=O) groups is 2. The summed E-state index contributed by atoms with van der Waals surface area (Å²) >= 11 is 0. The van der Waals surface area contributed by atoms with Crippen LogP contribution in [0.2, 0.25) is 0 Å². The van der Waals surface area contributed by atoms with Crippen LogP contribution in [0.3, 0.4) is 0 Å². The lowest BCUT2D eigenvalue weighted by Gasteiger charge is -2.41. The van der Waals surface area contributed by atoms with Crippen LogP contribution in [0.4, 0.5) is 0 Å². The maximum absolute atomic E-state index is 13.4. The second kappa shape index (κ2) is 55.4. The number of hydrogen-bond acceptors (Lipinski definition) is 10. The molecule has 1 rings (SSSR count). The van der Waals surface area contributed by atoms with Crippen molar-refractivity contribution in [2.75, 3.05) is 13.2 Å². The molecule has 1 aliphatic rings. The average Bonchev–Trinajstić information content (AvgIpc) is 3.49. The monoisotopic (exact) mass is 1110 g/mol. The summed E-state index contributed by atoms with van der Waals surface area (Å²) in [4.78, 5) is 26.6. The van der Waals surface area contributed by atoms with E-state index >= 15 is 0 Å². The van der Waals surface area contributed by atoms with Gasteiger partial charge in [0, 0.05) is 6.42 Å². The fourth-order valence-corrected chi connectivity index (χ4v) is 9.75. The van der Waals surface area contributed by atoms with E-state index in [1.807, 2.05) is 42.5 Å². The van der Waals surface area contributed by atoms with E-state index in [4.69, 9.17) is 14.2 Å². The Morgan fingerprint density at radius 2 is 0.962 bits per heavy atom. The van der Waals surface area contributed by atoms with Crippen LogP contribution in [0, 0.1) is 0 Å². The smallest absolute Gasteiger partial charge is 0.306 e. The van der Waals surface area contributed by atoms with Crippen LogP contribution in [-0.2, 0) is 23.8 Å². The van der Waals surface area contributed by atoms with Crippen LogP contribution in [0.5, 0.6) is 0 Å². The number of ether oxygens (including phenoxy) is 3. The van der Waals surface area contributed by atoms with Crippen molar-refractivity contribution in [3.8, 4) is 0 Å². The van der Waals surface area contributed by atoms with Gasteiger partial charge in [-0.15, -0.1) is 0 Å². The first-order valence-electron chi connectivity index (χ1n) is 32.4. The van der Waals surface area contributed by atoms with Crippen LogP contribution in [-0.4, -0.2) is 99.6 Å². The molecular formula is C68H119NO10. The van der Waals surface area contributed by atoms with Crippen molar-refractivity contribution in [3.63, 3.8) is 0 Å². The molecule has 1 amide bonds. The van der Waals surface area contributed by atoms with Crippen molar-refractivity contribution in [2.24, 2.45) is 0 Å². The van der Waals surface area contributed by atoms with Crippen LogP contribution in [0.25, 0.3) is 0 Å². The average molecular weight is 1110 g/mol. The number of allylic oxidation sites excluding steroid dienone is 13. The number of carbonyl (C=O) groups excluding carboxylic acids is 2. The highest BCUT2D eigenvalue weighted by atomic mass is 16.7. The largest absolute Gasteiger partial charge is 0.454 e. The predicted molar refractivity (Wildman–Crippen MR) is 329 cm³/mol. The topological polar surface area (TPSA) is 175 Å². The first kappa shape index (κ1) is 73.9. The molecule has 11 heteroatoms. The molecule has 11 nitrogen and oxygen atoms in total. The molecule has 456 valence electrons. The second-order valence-electron chi connectivity index (χ2n) is 22.2. The van der Waals surface area contributed by atoms with Gasteiger partial charge in [-0.05, 0) is 77.0 Å². The number of amides is 1. The Hall–Kier alpha value is -3.16. The molecule has 0 aromatic heterocycles. The van der Waals surface area contributed by atoms with Crippen LogP contribution in [0.1, 0.15) is 271 Å². The quantitative estimate of drug-likeness (QED) is 0.0149. The minimum atomic E-state index is -1.62. The van der Waals surface area contributed by atoms with Gasteiger partial charge < -0.3 is 45.1 Å². The Balaban J connectivity index is 2.63. The zero-order chi connectivity index (χ0) is 57.5. The number of aliphatic hydroxyl groups is 5. The molecule has 0 saturated carbocycles. The van der Waals surface area contributed by atoms with Crippen molar-refractivity contribution in [1.29, 1.82) is 0 Å². The summed E-state index contributed by atoms with van der Waals surface area (Å²) in [5, 5.41) is 57.0. The van der Waals surface area contributed by atoms with Gasteiger partial charge in [0.05, 0.1) is 25.4 Å². The number of aliphatic hydroxyl groups excluding tert-OH is 5. The molecule has 0 bridgehead atoms. The van der Waals surface area contributed by atoms with E-state index in [1.54, 1.807) is 6.08 Å². The molecule has 0 spiro atoms. The molecule has 8 unspecified atom stereocenters. The maximum atomic E-state index is 13.4. The van der Waals surface area contributed by atoms with Crippen molar-refractivity contribution in [3.05, 3.63) is 85.1 Å².